The van der Waals surface area contributed by atoms with Gasteiger partial charge in [0.2, 0.25) is 11.8 Å². The lowest BCUT2D eigenvalue weighted by molar-refractivity contribution is -0.141. The number of methoxy groups -OCH3 is 2. The van der Waals surface area contributed by atoms with Gasteiger partial charge in [-0.05, 0) is 150 Å². The van der Waals surface area contributed by atoms with Gasteiger partial charge in [0.15, 0.2) is 5.88 Å². The number of aromatic amines is 1. The number of benzene rings is 2. The molecule has 3 amide bonds. The number of imidazole rings is 1. The quantitative estimate of drug-likeness (QED) is 0.126. The number of aromatic nitrogens is 2. The molecule has 5 fully saturated rings. The Morgan fingerprint density at radius 1 is 0.739 bits per heavy atom. The molecule has 1 aliphatic carbocycles. The molecule has 14 heteroatoms. The van der Waals surface area contributed by atoms with Crippen molar-refractivity contribution >= 4 is 29.2 Å². The maximum absolute atomic E-state index is 14.6. The Morgan fingerprint density at radius 3 is 1.94 bits per heavy atom. The van der Waals surface area contributed by atoms with Gasteiger partial charge in [-0.15, -0.1) is 0 Å². The SMILES string of the molecule is C=C(N[C@H](C(=O)N1[C@@H](C)CC[C@H]1c1ncc(-c2ccc(-c3ccc(C4=CN=C([C@@H]5CC[C@H](C)N5C(=O)[C@@H](NC(=O)OC)[C@H]5C[C@@H](C)O[C@H](C6CC6)C5)C4)cc3)cc2)[nH]1)[C@@H]1C[C@@H](CC)O[C@H](C)C1)OC. The summed E-state index contributed by atoms with van der Waals surface area (Å²) in [6.07, 6.45) is 13.9. The van der Waals surface area contributed by atoms with Crippen LogP contribution in [0.15, 0.2) is 78.4 Å². The molecule has 4 saturated heterocycles. The van der Waals surface area contributed by atoms with Crippen LogP contribution >= 0.6 is 0 Å². The number of hydrogen-bond acceptors (Lipinski definition) is 10. The Hall–Kier alpha value is -5.47. The van der Waals surface area contributed by atoms with Gasteiger partial charge in [-0.2, -0.15) is 0 Å². The van der Waals surface area contributed by atoms with E-state index in [-0.39, 0.29) is 72.2 Å². The zero-order valence-corrected chi connectivity index (χ0v) is 41.6. The minimum absolute atomic E-state index is 0.0215. The Morgan fingerprint density at radius 2 is 1.32 bits per heavy atom. The molecule has 370 valence electrons. The first-order valence-electron chi connectivity index (χ1n) is 25.6. The predicted octanol–water partition coefficient (Wildman–Crippen LogP) is 9.35. The van der Waals surface area contributed by atoms with E-state index in [2.05, 4.69) is 105 Å². The number of allylic oxidation sites excluding steroid dienone is 1. The summed E-state index contributed by atoms with van der Waals surface area (Å²) in [5.74, 6) is 1.76. The largest absolute Gasteiger partial charge is 0.483 e. The van der Waals surface area contributed by atoms with Crippen molar-refractivity contribution in [3.05, 3.63) is 84.8 Å². The molecular weight excluding hydrogens is 871 g/mol. The number of hydrogen-bond donors (Lipinski definition) is 3. The lowest BCUT2D eigenvalue weighted by Gasteiger charge is -2.40. The number of ether oxygens (including phenoxy) is 4. The molecule has 14 nitrogen and oxygen atoms in total. The molecule has 3 N–H and O–H groups in total. The van der Waals surface area contributed by atoms with Crippen LogP contribution in [0.5, 0.6) is 0 Å². The maximum Gasteiger partial charge on any atom is 0.407 e. The molecule has 1 aromatic heterocycles. The highest BCUT2D eigenvalue weighted by Crippen LogP contribution is 2.43. The highest BCUT2D eigenvalue weighted by atomic mass is 16.5. The lowest BCUT2D eigenvalue weighted by Crippen LogP contribution is -2.57. The second-order valence-electron chi connectivity index (χ2n) is 20.8. The van der Waals surface area contributed by atoms with E-state index in [1.807, 2.05) is 22.2 Å². The van der Waals surface area contributed by atoms with Crippen LogP contribution in [-0.4, -0.2) is 112 Å². The number of nitrogens with zero attached hydrogens (tertiary/aromatic N) is 4. The molecule has 9 rings (SSSR count). The van der Waals surface area contributed by atoms with Crippen molar-refractivity contribution in [2.45, 2.75) is 172 Å². The number of nitrogens with one attached hydrogen (secondary N) is 3. The van der Waals surface area contributed by atoms with Crippen LogP contribution in [0, 0.1) is 17.8 Å². The summed E-state index contributed by atoms with van der Waals surface area (Å²) in [6.45, 7) is 14.6. The fraction of sp³-hybridized carbons (Fsp3) is 0.582. The molecule has 0 radical (unpaired) electrons. The van der Waals surface area contributed by atoms with E-state index in [1.54, 1.807) is 7.11 Å². The number of likely N-dealkylation sites (tertiary alicyclic amines) is 2. The first kappa shape index (κ1) is 48.5. The molecule has 69 heavy (non-hydrogen) atoms. The zero-order valence-electron chi connectivity index (χ0n) is 41.6. The first-order chi connectivity index (χ1) is 33.3. The molecule has 6 aliphatic rings. The fourth-order valence-corrected chi connectivity index (χ4v) is 12.1. The summed E-state index contributed by atoms with van der Waals surface area (Å²) in [5, 5.41) is 6.31. The molecule has 5 aliphatic heterocycles. The van der Waals surface area contributed by atoms with E-state index in [1.165, 1.54) is 7.11 Å². The van der Waals surface area contributed by atoms with E-state index >= 15 is 0 Å². The average molecular weight is 944 g/mol. The third-order valence-corrected chi connectivity index (χ3v) is 16.0. The highest BCUT2D eigenvalue weighted by molar-refractivity contribution is 6.04. The van der Waals surface area contributed by atoms with Gasteiger partial charge in [0.1, 0.15) is 17.9 Å². The van der Waals surface area contributed by atoms with Crippen LogP contribution in [0.1, 0.15) is 129 Å². The zero-order chi connectivity index (χ0) is 48.5. The number of alkyl carbamates (subject to hydrolysis) is 1. The van der Waals surface area contributed by atoms with Gasteiger partial charge in [-0.25, -0.2) is 9.78 Å². The average Bonchev–Trinajstić information content (AvgIpc) is 3.64. The topological polar surface area (TPSA) is 160 Å². The molecule has 0 spiro atoms. The van der Waals surface area contributed by atoms with Gasteiger partial charge >= 0.3 is 6.09 Å². The van der Waals surface area contributed by atoms with Crippen molar-refractivity contribution < 1.29 is 33.3 Å². The third-order valence-electron chi connectivity index (χ3n) is 16.0. The van der Waals surface area contributed by atoms with Gasteiger partial charge in [-0.3, -0.25) is 14.6 Å². The maximum atomic E-state index is 14.6. The summed E-state index contributed by atoms with van der Waals surface area (Å²) >= 11 is 0. The molecule has 0 bridgehead atoms. The van der Waals surface area contributed by atoms with Crippen LogP contribution in [0.4, 0.5) is 4.79 Å². The molecule has 12 atom stereocenters. The van der Waals surface area contributed by atoms with E-state index in [0.717, 1.165) is 109 Å². The third kappa shape index (κ3) is 10.5. The molecular formula is C55H73N7O7. The minimum atomic E-state index is -0.685. The van der Waals surface area contributed by atoms with E-state index in [9.17, 15) is 14.4 Å². The summed E-state index contributed by atoms with van der Waals surface area (Å²) in [6, 6.07) is 15.7. The monoisotopic (exact) mass is 944 g/mol. The summed E-state index contributed by atoms with van der Waals surface area (Å²) in [7, 11) is 2.92. The van der Waals surface area contributed by atoms with Gasteiger partial charge in [-0.1, -0.05) is 55.5 Å². The Kier molecular flexibility index (Phi) is 14.7. The normalized spacial score (nSPS) is 30.0. The number of aliphatic imine (C=N–C) groups is 1. The molecule has 1 saturated carbocycles. The summed E-state index contributed by atoms with van der Waals surface area (Å²) in [4.78, 5) is 59.4. The van der Waals surface area contributed by atoms with E-state index in [4.69, 9.17) is 28.9 Å². The van der Waals surface area contributed by atoms with E-state index in [0.29, 0.717) is 24.6 Å². The number of carbonyl (C=O) groups excluding carboxylic acids is 3. The fourth-order valence-electron chi connectivity index (χ4n) is 12.1. The van der Waals surface area contributed by atoms with Crippen molar-refractivity contribution in [3.8, 4) is 22.4 Å². The highest BCUT2D eigenvalue weighted by Gasteiger charge is 2.48. The van der Waals surface area contributed by atoms with Gasteiger partial charge in [0.25, 0.3) is 0 Å². The smallest absolute Gasteiger partial charge is 0.407 e. The van der Waals surface area contributed by atoms with Gasteiger partial charge in [0, 0.05) is 30.4 Å². The minimum Gasteiger partial charge on any atom is -0.483 e. The van der Waals surface area contributed by atoms with Gasteiger partial charge in [0.05, 0.1) is 62.6 Å². The number of carbonyl (C=O) groups is 3. The van der Waals surface area contributed by atoms with Crippen LogP contribution in [-0.2, 0) is 28.5 Å². The second kappa shape index (κ2) is 20.9. The predicted molar refractivity (Wildman–Crippen MR) is 267 cm³/mol. The number of amides is 3. The first-order valence-corrected chi connectivity index (χ1v) is 25.6. The van der Waals surface area contributed by atoms with Gasteiger partial charge < -0.3 is 44.4 Å². The Balaban J connectivity index is 0.838. The number of H-pyrrole nitrogens is 1. The Labute approximate surface area is 408 Å². The van der Waals surface area contributed by atoms with Crippen molar-refractivity contribution in [2.24, 2.45) is 22.7 Å². The summed E-state index contributed by atoms with van der Waals surface area (Å²) < 4.78 is 22.9. The van der Waals surface area contributed by atoms with Crippen LogP contribution in [0.3, 0.4) is 0 Å². The van der Waals surface area contributed by atoms with E-state index < -0.39 is 18.2 Å². The molecule has 6 heterocycles. The lowest BCUT2D eigenvalue weighted by atomic mass is 9.83. The van der Waals surface area contributed by atoms with Crippen molar-refractivity contribution in [1.82, 2.24) is 30.4 Å². The van der Waals surface area contributed by atoms with Crippen molar-refractivity contribution in [3.63, 3.8) is 0 Å². The molecule has 3 aromatic rings. The second-order valence-corrected chi connectivity index (χ2v) is 20.8. The Bertz CT molecular complexity index is 2390. The van der Waals surface area contributed by atoms with Crippen LogP contribution < -0.4 is 10.6 Å². The standard InChI is InChI=1S/C55H73N7O7/c1-9-44-26-41(24-33(4)68-44)50(58-35(6)66-7)53(63)62-32(3)11-23-48(62)52-57-30-46(59-52)39-18-16-37(17-19-39)36-12-14-38(15-13-36)43-27-45(56-29-43)47-22-10-31(2)61(47)54(64)51(60-55(65)67-8)42-25-34(5)69-49(28-42)40-20-21-40/h12-19,29-34,40-42,44,47-51,58H,6,9-11,20-28H2,1-5,7-8H3,(H,57,59)(H,60,65)/t31-,32-,33+,34+,41-,42-,44+,47-,48-,49-,50-,51-/m0/s1. The summed E-state index contributed by atoms with van der Waals surface area (Å²) in [5.41, 5.74) is 7.33. The van der Waals surface area contributed by atoms with Crippen molar-refractivity contribution in [1.29, 1.82) is 0 Å². The molecule has 0 unspecified atom stereocenters. The van der Waals surface area contributed by atoms with Crippen molar-refractivity contribution in [2.75, 3.05) is 14.2 Å². The van der Waals surface area contributed by atoms with Crippen LogP contribution in [0.25, 0.3) is 28.0 Å². The van der Waals surface area contributed by atoms with Crippen LogP contribution in [0.2, 0.25) is 0 Å². The molecule has 2 aromatic carbocycles. The number of rotatable bonds is 15.